The van der Waals surface area contributed by atoms with E-state index in [0.29, 0.717) is 22.3 Å². The minimum Gasteiger partial charge on any atom is -0.393 e. The van der Waals surface area contributed by atoms with Gasteiger partial charge in [0.2, 0.25) is 0 Å². The van der Waals surface area contributed by atoms with Gasteiger partial charge in [0.1, 0.15) is 0 Å². The number of rotatable bonds is 9. The van der Waals surface area contributed by atoms with Gasteiger partial charge in [-0.25, -0.2) is 0 Å². The van der Waals surface area contributed by atoms with Crippen LogP contribution in [0, 0.1) is 0 Å². The zero-order valence-corrected chi connectivity index (χ0v) is 22.0. The maximum Gasteiger partial charge on any atom is 0.193 e. The number of aryl methyl sites for hydroxylation is 1. The van der Waals surface area contributed by atoms with Gasteiger partial charge in [-0.05, 0) is 54.3 Å². The molecule has 2 heterocycles. The number of anilines is 1. The second-order valence-electron chi connectivity index (χ2n) is 10.3. The number of hydrogen-bond acceptors (Lipinski definition) is 5. The van der Waals surface area contributed by atoms with Gasteiger partial charge >= 0.3 is 0 Å². The van der Waals surface area contributed by atoms with Gasteiger partial charge in [-0.3, -0.25) is 14.4 Å². The standard InChI is InChI=1S/C33H32N2O4/c1-34-17-14-28(22-34)32(38)21-24-4-8-27(9-5-24)33(39)26-6-2-23(3-7-26)20-31(37)25-10-12-29(13-11-25)35-18-15-30(36)16-19-35/h2-14,17,22,30,36H,15-16,18-21H2,1H3. The van der Waals surface area contributed by atoms with Gasteiger partial charge in [0, 0.05) is 73.3 Å². The van der Waals surface area contributed by atoms with E-state index in [1.54, 1.807) is 36.5 Å². The molecule has 0 aliphatic carbocycles. The number of benzene rings is 3. The highest BCUT2D eigenvalue weighted by atomic mass is 16.3. The van der Waals surface area contributed by atoms with Crippen molar-refractivity contribution in [3.05, 3.63) is 125 Å². The zero-order chi connectivity index (χ0) is 27.4. The third kappa shape index (κ3) is 6.41. The van der Waals surface area contributed by atoms with Gasteiger partial charge in [-0.2, -0.15) is 0 Å². The molecule has 198 valence electrons. The number of carbonyl (C=O) groups excluding carboxylic acids is 3. The average Bonchev–Trinajstić information content (AvgIpc) is 3.40. The molecule has 1 aliphatic heterocycles. The van der Waals surface area contributed by atoms with Crippen molar-refractivity contribution >= 4 is 23.0 Å². The van der Waals surface area contributed by atoms with Crippen LogP contribution in [0.2, 0.25) is 0 Å². The lowest BCUT2D eigenvalue weighted by molar-refractivity contribution is 0.0984. The van der Waals surface area contributed by atoms with E-state index < -0.39 is 0 Å². The van der Waals surface area contributed by atoms with Crippen LogP contribution >= 0.6 is 0 Å². The quantitative estimate of drug-likeness (QED) is 0.312. The van der Waals surface area contributed by atoms with Crippen LogP contribution in [0.5, 0.6) is 0 Å². The van der Waals surface area contributed by atoms with Crippen LogP contribution in [0.15, 0.2) is 91.3 Å². The normalized spacial score (nSPS) is 13.8. The van der Waals surface area contributed by atoms with Gasteiger partial charge in [0.25, 0.3) is 0 Å². The minimum absolute atomic E-state index is 0.0235. The molecular formula is C33H32N2O4. The number of carbonyl (C=O) groups is 3. The van der Waals surface area contributed by atoms with E-state index >= 15 is 0 Å². The third-order valence-electron chi connectivity index (χ3n) is 7.33. The van der Waals surface area contributed by atoms with Crippen molar-refractivity contribution in [2.75, 3.05) is 18.0 Å². The maximum atomic E-state index is 13.0. The highest BCUT2D eigenvalue weighted by molar-refractivity contribution is 6.09. The fraction of sp³-hybridized carbons (Fsp3) is 0.242. The summed E-state index contributed by atoms with van der Waals surface area (Å²) in [7, 11) is 1.88. The number of ketones is 3. The third-order valence-corrected chi connectivity index (χ3v) is 7.33. The Morgan fingerprint density at radius 1 is 0.692 bits per heavy atom. The molecule has 0 amide bonds. The second kappa shape index (κ2) is 11.6. The van der Waals surface area contributed by atoms with Gasteiger partial charge in [0.05, 0.1) is 6.10 Å². The summed E-state index contributed by atoms with van der Waals surface area (Å²) in [5, 5.41) is 9.71. The van der Waals surface area contributed by atoms with E-state index in [4.69, 9.17) is 0 Å². The van der Waals surface area contributed by atoms with E-state index in [0.717, 1.165) is 42.7 Å². The van der Waals surface area contributed by atoms with E-state index in [9.17, 15) is 19.5 Å². The SMILES string of the molecule is Cn1ccc(C(=O)Cc2ccc(C(=O)c3ccc(CC(=O)c4ccc(N5CCC(O)CC5)cc4)cc3)cc2)c1. The summed E-state index contributed by atoms with van der Waals surface area (Å²) < 4.78 is 1.84. The fourth-order valence-corrected chi connectivity index (χ4v) is 4.94. The van der Waals surface area contributed by atoms with Crippen LogP contribution in [0.25, 0.3) is 0 Å². The Bertz CT molecular complexity index is 1460. The number of nitrogens with zero attached hydrogens (tertiary/aromatic N) is 2. The lowest BCUT2D eigenvalue weighted by atomic mass is 9.97. The molecule has 1 aliphatic rings. The van der Waals surface area contributed by atoms with E-state index in [1.807, 2.05) is 66.3 Å². The Balaban J connectivity index is 1.16. The molecule has 1 aromatic heterocycles. The minimum atomic E-state index is -0.216. The first-order valence-electron chi connectivity index (χ1n) is 13.3. The van der Waals surface area contributed by atoms with E-state index in [1.165, 1.54) is 0 Å². The number of aliphatic hydroxyl groups is 1. The van der Waals surface area contributed by atoms with Gasteiger partial charge in [-0.15, -0.1) is 0 Å². The van der Waals surface area contributed by atoms with Crippen LogP contribution in [-0.4, -0.2) is 46.2 Å². The molecule has 5 rings (SSSR count). The molecule has 1 N–H and O–H groups in total. The number of piperidine rings is 1. The molecular weight excluding hydrogens is 488 g/mol. The van der Waals surface area contributed by atoms with Crippen LogP contribution in [0.3, 0.4) is 0 Å². The molecule has 0 spiro atoms. The summed E-state index contributed by atoms with van der Waals surface area (Å²) in [5.74, 6) is -0.0385. The highest BCUT2D eigenvalue weighted by Gasteiger charge is 2.18. The van der Waals surface area contributed by atoms with Crippen molar-refractivity contribution in [1.29, 1.82) is 0 Å². The van der Waals surface area contributed by atoms with Gasteiger partial charge < -0.3 is 14.6 Å². The van der Waals surface area contributed by atoms with E-state index in [2.05, 4.69) is 4.90 Å². The smallest absolute Gasteiger partial charge is 0.193 e. The largest absolute Gasteiger partial charge is 0.393 e. The maximum absolute atomic E-state index is 13.0. The summed E-state index contributed by atoms with van der Waals surface area (Å²) >= 11 is 0. The van der Waals surface area contributed by atoms with Gasteiger partial charge in [0.15, 0.2) is 17.3 Å². The first-order valence-corrected chi connectivity index (χ1v) is 13.3. The Morgan fingerprint density at radius 2 is 1.18 bits per heavy atom. The summed E-state index contributed by atoms with van der Waals surface area (Å²) in [6.07, 6.45) is 5.50. The lowest BCUT2D eigenvalue weighted by Gasteiger charge is -2.31. The number of aliphatic hydroxyl groups excluding tert-OH is 1. The Kier molecular flexibility index (Phi) is 7.84. The summed E-state index contributed by atoms with van der Waals surface area (Å²) in [6, 6.07) is 23.8. The molecule has 0 unspecified atom stereocenters. The average molecular weight is 521 g/mol. The molecule has 6 heteroatoms. The first-order chi connectivity index (χ1) is 18.9. The fourth-order valence-electron chi connectivity index (χ4n) is 4.94. The molecule has 1 saturated heterocycles. The Morgan fingerprint density at radius 3 is 1.67 bits per heavy atom. The molecule has 3 aromatic carbocycles. The Hall–Kier alpha value is -4.29. The van der Waals surface area contributed by atoms with Gasteiger partial charge in [-0.1, -0.05) is 48.5 Å². The van der Waals surface area contributed by atoms with Crippen molar-refractivity contribution in [3.8, 4) is 0 Å². The first kappa shape index (κ1) is 26.3. The summed E-state index contributed by atoms with van der Waals surface area (Å²) in [6.45, 7) is 1.63. The second-order valence-corrected chi connectivity index (χ2v) is 10.3. The lowest BCUT2D eigenvalue weighted by Crippen LogP contribution is -2.35. The summed E-state index contributed by atoms with van der Waals surface area (Å²) in [5.41, 5.74) is 5.21. The molecule has 0 saturated carbocycles. The van der Waals surface area contributed by atoms with Crippen molar-refractivity contribution in [2.24, 2.45) is 7.05 Å². The predicted molar refractivity (Wildman–Crippen MR) is 152 cm³/mol. The van der Waals surface area contributed by atoms with E-state index in [-0.39, 0.29) is 36.3 Å². The topological polar surface area (TPSA) is 79.6 Å². The van der Waals surface area contributed by atoms with Crippen molar-refractivity contribution in [3.63, 3.8) is 0 Å². The monoisotopic (exact) mass is 520 g/mol. The van der Waals surface area contributed by atoms with Crippen molar-refractivity contribution in [1.82, 2.24) is 4.57 Å². The molecule has 4 aromatic rings. The molecule has 0 bridgehead atoms. The highest BCUT2D eigenvalue weighted by Crippen LogP contribution is 2.21. The molecule has 39 heavy (non-hydrogen) atoms. The van der Waals surface area contributed by atoms with Crippen molar-refractivity contribution < 1.29 is 19.5 Å². The van der Waals surface area contributed by atoms with Crippen LogP contribution in [-0.2, 0) is 19.9 Å². The van der Waals surface area contributed by atoms with Crippen LogP contribution in [0.1, 0.15) is 60.6 Å². The number of Topliss-reactive ketones (excluding diaryl/α,β-unsaturated/α-hetero) is 2. The zero-order valence-electron chi connectivity index (χ0n) is 22.0. The number of hydrogen-bond donors (Lipinski definition) is 1. The Labute approximate surface area is 228 Å². The van der Waals surface area contributed by atoms with Crippen molar-refractivity contribution in [2.45, 2.75) is 31.8 Å². The molecule has 6 nitrogen and oxygen atoms in total. The molecule has 1 fully saturated rings. The van der Waals surface area contributed by atoms with Crippen LogP contribution in [0.4, 0.5) is 5.69 Å². The number of aromatic nitrogens is 1. The summed E-state index contributed by atoms with van der Waals surface area (Å²) in [4.78, 5) is 40.5. The molecule has 0 radical (unpaired) electrons. The molecule has 0 atom stereocenters. The van der Waals surface area contributed by atoms with Crippen LogP contribution < -0.4 is 4.90 Å². The predicted octanol–water partition coefficient (Wildman–Crippen LogP) is 5.07.